The SMILES string of the molecule is OC1CCCCC1N1CCN(c2nccc(C(F)(F)F)n2)CC1. The molecule has 0 radical (unpaired) electrons. The Hall–Kier alpha value is -1.41. The van der Waals surface area contributed by atoms with Crippen LogP contribution in [0.3, 0.4) is 0 Å². The monoisotopic (exact) mass is 330 g/mol. The Kier molecular flexibility index (Phi) is 4.72. The van der Waals surface area contributed by atoms with E-state index in [1.165, 1.54) is 0 Å². The third-order valence-electron chi connectivity index (χ3n) is 4.69. The lowest BCUT2D eigenvalue weighted by Crippen LogP contribution is -2.54. The minimum absolute atomic E-state index is 0.128. The number of aromatic nitrogens is 2. The van der Waals surface area contributed by atoms with Gasteiger partial charge in [-0.1, -0.05) is 12.8 Å². The van der Waals surface area contributed by atoms with E-state index in [1.54, 1.807) is 4.90 Å². The Bertz CT molecular complexity index is 532. The van der Waals surface area contributed by atoms with Gasteiger partial charge in [0.05, 0.1) is 6.10 Å². The number of rotatable bonds is 2. The molecule has 2 heterocycles. The van der Waals surface area contributed by atoms with Crippen LogP contribution in [0.25, 0.3) is 0 Å². The molecule has 0 bridgehead atoms. The molecule has 3 rings (SSSR count). The van der Waals surface area contributed by atoms with Gasteiger partial charge in [0.15, 0.2) is 0 Å². The summed E-state index contributed by atoms with van der Waals surface area (Å²) in [6, 6.07) is 1.06. The molecule has 0 spiro atoms. The summed E-state index contributed by atoms with van der Waals surface area (Å²) in [5, 5.41) is 10.1. The van der Waals surface area contributed by atoms with Gasteiger partial charge in [0.2, 0.25) is 5.95 Å². The smallest absolute Gasteiger partial charge is 0.391 e. The van der Waals surface area contributed by atoms with Crippen LogP contribution < -0.4 is 4.90 Å². The van der Waals surface area contributed by atoms with Crippen LogP contribution in [0.4, 0.5) is 19.1 Å². The lowest BCUT2D eigenvalue weighted by Gasteiger charge is -2.42. The molecule has 1 aromatic rings. The van der Waals surface area contributed by atoms with Crippen molar-refractivity contribution in [3.8, 4) is 0 Å². The molecule has 2 unspecified atom stereocenters. The average molecular weight is 330 g/mol. The first kappa shape index (κ1) is 16.4. The molecule has 1 aliphatic heterocycles. The number of hydrogen-bond donors (Lipinski definition) is 1. The summed E-state index contributed by atoms with van der Waals surface area (Å²) in [5.74, 6) is 0.128. The summed E-state index contributed by atoms with van der Waals surface area (Å²) < 4.78 is 38.2. The zero-order valence-electron chi connectivity index (χ0n) is 12.8. The van der Waals surface area contributed by atoms with E-state index in [0.717, 1.165) is 37.9 Å². The van der Waals surface area contributed by atoms with Gasteiger partial charge < -0.3 is 10.0 Å². The number of nitrogens with zero attached hydrogens (tertiary/aromatic N) is 4. The first-order valence-electron chi connectivity index (χ1n) is 8.02. The van der Waals surface area contributed by atoms with Crippen molar-refractivity contribution >= 4 is 5.95 Å². The molecule has 0 aromatic carbocycles. The molecule has 8 heteroatoms. The maximum absolute atomic E-state index is 12.7. The van der Waals surface area contributed by atoms with Gasteiger partial charge in [-0.15, -0.1) is 0 Å². The van der Waals surface area contributed by atoms with E-state index >= 15 is 0 Å². The van der Waals surface area contributed by atoms with Crippen molar-refractivity contribution in [1.82, 2.24) is 14.9 Å². The standard InChI is InChI=1S/C15H21F3N4O/c16-15(17,18)13-5-6-19-14(20-13)22-9-7-21(8-10-22)11-3-1-2-4-12(11)23/h5-6,11-12,23H,1-4,7-10H2. The van der Waals surface area contributed by atoms with E-state index in [0.29, 0.717) is 26.2 Å². The first-order valence-corrected chi connectivity index (χ1v) is 8.02. The second-order valence-corrected chi connectivity index (χ2v) is 6.18. The molecule has 1 saturated carbocycles. The topological polar surface area (TPSA) is 52.5 Å². The Morgan fingerprint density at radius 2 is 1.78 bits per heavy atom. The van der Waals surface area contributed by atoms with Crippen LogP contribution in [0.2, 0.25) is 0 Å². The van der Waals surface area contributed by atoms with Gasteiger partial charge in [-0.25, -0.2) is 9.97 Å². The molecule has 2 atom stereocenters. The van der Waals surface area contributed by atoms with Crippen LogP contribution in [0.15, 0.2) is 12.3 Å². The fraction of sp³-hybridized carbons (Fsp3) is 0.733. The molecular weight excluding hydrogens is 309 g/mol. The summed E-state index contributed by atoms with van der Waals surface area (Å²) in [5.41, 5.74) is -0.910. The van der Waals surface area contributed by atoms with Crippen molar-refractivity contribution in [2.45, 2.75) is 44.0 Å². The molecule has 1 saturated heterocycles. The zero-order valence-corrected chi connectivity index (χ0v) is 12.8. The van der Waals surface area contributed by atoms with Gasteiger partial charge in [-0.3, -0.25) is 4.90 Å². The fourth-order valence-corrected chi connectivity index (χ4v) is 3.43. The van der Waals surface area contributed by atoms with Crippen LogP contribution in [0.5, 0.6) is 0 Å². The van der Waals surface area contributed by atoms with Gasteiger partial charge in [0.1, 0.15) is 5.69 Å². The second kappa shape index (κ2) is 6.60. The van der Waals surface area contributed by atoms with Crippen molar-refractivity contribution in [2.24, 2.45) is 0 Å². The Morgan fingerprint density at radius 3 is 2.43 bits per heavy atom. The number of alkyl halides is 3. The summed E-state index contributed by atoms with van der Waals surface area (Å²) in [6.45, 7) is 2.57. The van der Waals surface area contributed by atoms with Crippen molar-refractivity contribution in [2.75, 3.05) is 31.1 Å². The highest BCUT2D eigenvalue weighted by molar-refractivity contribution is 5.31. The number of anilines is 1. The van der Waals surface area contributed by atoms with Gasteiger partial charge in [-0.05, 0) is 18.9 Å². The number of aliphatic hydroxyl groups is 1. The Labute approximate surface area is 133 Å². The summed E-state index contributed by atoms with van der Waals surface area (Å²) in [4.78, 5) is 11.6. The van der Waals surface area contributed by atoms with Gasteiger partial charge in [0.25, 0.3) is 0 Å². The molecule has 1 aromatic heterocycles. The lowest BCUT2D eigenvalue weighted by atomic mass is 9.91. The van der Waals surface area contributed by atoms with Gasteiger partial charge in [0, 0.05) is 38.4 Å². The fourth-order valence-electron chi connectivity index (χ4n) is 3.43. The molecule has 2 aliphatic rings. The summed E-state index contributed by atoms with van der Waals surface area (Å²) in [6.07, 6.45) is 0.422. The predicted octanol–water partition coefficient (Wildman–Crippen LogP) is 1.92. The molecular formula is C15H21F3N4O. The minimum Gasteiger partial charge on any atom is -0.391 e. The third-order valence-corrected chi connectivity index (χ3v) is 4.69. The summed E-state index contributed by atoms with van der Waals surface area (Å²) in [7, 11) is 0. The highest BCUT2D eigenvalue weighted by atomic mass is 19.4. The molecule has 2 fully saturated rings. The highest BCUT2D eigenvalue weighted by Crippen LogP contribution is 2.29. The number of hydrogen-bond acceptors (Lipinski definition) is 5. The lowest BCUT2D eigenvalue weighted by molar-refractivity contribution is -0.141. The zero-order chi connectivity index (χ0) is 16.4. The molecule has 5 nitrogen and oxygen atoms in total. The Morgan fingerprint density at radius 1 is 1.09 bits per heavy atom. The predicted molar refractivity (Wildman–Crippen MR) is 79.1 cm³/mol. The second-order valence-electron chi connectivity index (χ2n) is 6.18. The Balaban J connectivity index is 1.63. The minimum atomic E-state index is -4.45. The summed E-state index contributed by atoms with van der Waals surface area (Å²) >= 11 is 0. The van der Waals surface area contributed by atoms with Crippen molar-refractivity contribution < 1.29 is 18.3 Å². The average Bonchev–Trinajstić information content (AvgIpc) is 2.55. The number of halogens is 3. The van der Waals surface area contributed by atoms with Crippen LogP contribution >= 0.6 is 0 Å². The molecule has 0 amide bonds. The maximum Gasteiger partial charge on any atom is 0.433 e. The molecule has 23 heavy (non-hydrogen) atoms. The molecule has 128 valence electrons. The normalized spacial score (nSPS) is 27.2. The number of aliphatic hydroxyl groups excluding tert-OH is 1. The van der Waals surface area contributed by atoms with Gasteiger partial charge in [-0.2, -0.15) is 13.2 Å². The molecule has 1 aliphatic carbocycles. The number of piperazine rings is 1. The first-order chi connectivity index (χ1) is 10.9. The van der Waals surface area contributed by atoms with E-state index in [-0.39, 0.29) is 18.1 Å². The quantitative estimate of drug-likeness (QED) is 0.898. The van der Waals surface area contributed by atoms with Crippen molar-refractivity contribution in [3.05, 3.63) is 18.0 Å². The third kappa shape index (κ3) is 3.74. The van der Waals surface area contributed by atoms with Crippen molar-refractivity contribution in [3.63, 3.8) is 0 Å². The van der Waals surface area contributed by atoms with E-state index in [2.05, 4.69) is 14.9 Å². The van der Waals surface area contributed by atoms with E-state index in [1.807, 2.05) is 0 Å². The van der Waals surface area contributed by atoms with Crippen LogP contribution in [0, 0.1) is 0 Å². The highest BCUT2D eigenvalue weighted by Gasteiger charge is 2.34. The van der Waals surface area contributed by atoms with Crippen LogP contribution in [0.1, 0.15) is 31.4 Å². The van der Waals surface area contributed by atoms with E-state index < -0.39 is 11.9 Å². The van der Waals surface area contributed by atoms with Gasteiger partial charge >= 0.3 is 6.18 Å². The molecule has 1 N–H and O–H groups in total. The maximum atomic E-state index is 12.7. The van der Waals surface area contributed by atoms with E-state index in [4.69, 9.17) is 0 Å². The largest absolute Gasteiger partial charge is 0.433 e. The van der Waals surface area contributed by atoms with Crippen LogP contribution in [-0.4, -0.2) is 58.3 Å². The van der Waals surface area contributed by atoms with Crippen LogP contribution in [-0.2, 0) is 6.18 Å². The van der Waals surface area contributed by atoms with Crippen molar-refractivity contribution in [1.29, 1.82) is 0 Å². The van der Waals surface area contributed by atoms with E-state index in [9.17, 15) is 18.3 Å².